The van der Waals surface area contributed by atoms with Crippen molar-refractivity contribution >= 4 is 23.7 Å². The van der Waals surface area contributed by atoms with Crippen LogP contribution in [0, 0.1) is 6.92 Å². The van der Waals surface area contributed by atoms with Gasteiger partial charge in [0.15, 0.2) is 0 Å². The molecular weight excluding hydrogens is 280 g/mol. The summed E-state index contributed by atoms with van der Waals surface area (Å²) in [6.45, 7) is 10.4. The molecule has 0 aromatic carbocycles. The zero-order chi connectivity index (χ0) is 12.4. The number of aromatic nitrogens is 1. The first-order chi connectivity index (χ1) is 8.81. The largest absolute Gasteiger partial charge is 0.314 e. The van der Waals surface area contributed by atoms with Gasteiger partial charge in [-0.15, -0.1) is 23.7 Å². The maximum atomic E-state index is 4.34. The summed E-state index contributed by atoms with van der Waals surface area (Å²) in [6.07, 6.45) is 3.37. The maximum absolute atomic E-state index is 4.34. The molecule has 0 saturated carbocycles. The first-order valence-electron chi connectivity index (χ1n) is 6.90. The highest BCUT2D eigenvalue weighted by Crippen LogP contribution is 2.20. The lowest BCUT2D eigenvalue weighted by atomic mass is 10.2. The average Bonchev–Trinajstić information content (AvgIpc) is 3.01. The maximum Gasteiger partial charge on any atom is 0.0897 e. The Morgan fingerprint density at radius 2 is 2.16 bits per heavy atom. The van der Waals surface area contributed by atoms with Gasteiger partial charge in [0, 0.05) is 62.9 Å². The molecule has 3 heterocycles. The minimum absolute atomic E-state index is 0. The lowest BCUT2D eigenvalue weighted by Gasteiger charge is -2.32. The quantitative estimate of drug-likeness (QED) is 0.913. The van der Waals surface area contributed by atoms with Gasteiger partial charge in [-0.2, -0.15) is 0 Å². The third-order valence-corrected chi connectivity index (χ3v) is 4.86. The zero-order valence-electron chi connectivity index (χ0n) is 11.5. The van der Waals surface area contributed by atoms with Gasteiger partial charge in [0.05, 0.1) is 5.01 Å². The van der Waals surface area contributed by atoms with Crippen molar-refractivity contribution in [3.63, 3.8) is 0 Å². The lowest BCUT2D eigenvalue weighted by molar-refractivity contribution is 0.170. The third kappa shape index (κ3) is 3.89. The number of likely N-dealkylation sites (tertiary alicyclic amines) is 1. The molecule has 0 spiro atoms. The highest BCUT2D eigenvalue weighted by molar-refractivity contribution is 7.11. The number of nitrogens with zero attached hydrogens (tertiary/aromatic N) is 3. The molecule has 6 heteroatoms. The van der Waals surface area contributed by atoms with E-state index in [4.69, 9.17) is 0 Å². The summed E-state index contributed by atoms with van der Waals surface area (Å²) in [4.78, 5) is 11.0. The standard InChI is InChI=1S/C13H22N4S.ClH/c1-11-15-8-13(18-11)10-16-5-2-12(9-16)17-6-3-14-4-7-17;/h8,12,14H,2-7,9-10H2,1H3;1H. The van der Waals surface area contributed by atoms with Crippen LogP contribution in [0.25, 0.3) is 0 Å². The summed E-state index contributed by atoms with van der Waals surface area (Å²) in [6, 6.07) is 0.779. The average molecular weight is 303 g/mol. The van der Waals surface area contributed by atoms with Crippen molar-refractivity contribution < 1.29 is 0 Å². The van der Waals surface area contributed by atoms with Crippen LogP contribution in [0.15, 0.2) is 6.20 Å². The number of aryl methyl sites for hydroxylation is 1. The highest BCUT2D eigenvalue weighted by Gasteiger charge is 2.28. The van der Waals surface area contributed by atoms with Crippen molar-refractivity contribution in [2.75, 3.05) is 39.3 Å². The van der Waals surface area contributed by atoms with E-state index in [1.165, 1.54) is 42.5 Å². The Morgan fingerprint density at radius 1 is 1.37 bits per heavy atom. The molecule has 0 radical (unpaired) electrons. The number of piperazine rings is 1. The molecule has 19 heavy (non-hydrogen) atoms. The molecule has 1 aromatic rings. The van der Waals surface area contributed by atoms with Gasteiger partial charge >= 0.3 is 0 Å². The van der Waals surface area contributed by atoms with Crippen LogP contribution in [-0.2, 0) is 6.54 Å². The Balaban J connectivity index is 0.00000133. The smallest absolute Gasteiger partial charge is 0.0897 e. The van der Waals surface area contributed by atoms with E-state index in [1.54, 1.807) is 0 Å². The summed E-state index contributed by atoms with van der Waals surface area (Å²) in [5.41, 5.74) is 0. The molecule has 2 aliphatic heterocycles. The number of nitrogens with one attached hydrogen (secondary N) is 1. The molecule has 2 saturated heterocycles. The normalized spacial score (nSPS) is 25.4. The SMILES string of the molecule is Cc1ncc(CN2CCC(N3CCNCC3)C2)s1.Cl. The van der Waals surface area contributed by atoms with Crippen LogP contribution in [-0.4, -0.2) is 60.1 Å². The van der Waals surface area contributed by atoms with Crippen molar-refractivity contribution in [3.05, 3.63) is 16.1 Å². The van der Waals surface area contributed by atoms with Gasteiger partial charge in [-0.1, -0.05) is 0 Å². The number of halogens is 1. The van der Waals surface area contributed by atoms with Crippen LogP contribution in [0.2, 0.25) is 0 Å². The van der Waals surface area contributed by atoms with Crippen LogP contribution in [0.5, 0.6) is 0 Å². The first kappa shape index (κ1) is 15.2. The molecule has 108 valence electrons. The molecule has 0 amide bonds. The van der Waals surface area contributed by atoms with Crippen molar-refractivity contribution in [2.45, 2.75) is 25.9 Å². The van der Waals surface area contributed by atoms with Gasteiger partial charge < -0.3 is 5.32 Å². The zero-order valence-corrected chi connectivity index (χ0v) is 13.1. The van der Waals surface area contributed by atoms with Crippen LogP contribution in [0.3, 0.4) is 0 Å². The summed E-state index contributed by atoms with van der Waals surface area (Å²) in [5, 5.41) is 4.61. The van der Waals surface area contributed by atoms with E-state index in [0.717, 1.165) is 25.7 Å². The molecule has 3 rings (SSSR count). The molecule has 0 bridgehead atoms. The summed E-state index contributed by atoms with van der Waals surface area (Å²) >= 11 is 1.84. The number of hydrogen-bond acceptors (Lipinski definition) is 5. The van der Waals surface area contributed by atoms with E-state index in [-0.39, 0.29) is 12.4 Å². The van der Waals surface area contributed by atoms with E-state index < -0.39 is 0 Å². The van der Waals surface area contributed by atoms with Gasteiger partial charge in [-0.3, -0.25) is 9.80 Å². The van der Waals surface area contributed by atoms with Crippen molar-refractivity contribution in [1.82, 2.24) is 20.1 Å². The predicted octanol–water partition coefficient (Wildman–Crippen LogP) is 1.35. The van der Waals surface area contributed by atoms with E-state index in [9.17, 15) is 0 Å². The highest BCUT2D eigenvalue weighted by atomic mass is 35.5. The number of hydrogen-bond donors (Lipinski definition) is 1. The van der Waals surface area contributed by atoms with Crippen LogP contribution >= 0.6 is 23.7 Å². The van der Waals surface area contributed by atoms with Crippen LogP contribution in [0.4, 0.5) is 0 Å². The fraction of sp³-hybridized carbons (Fsp3) is 0.769. The fourth-order valence-electron chi connectivity index (χ4n) is 3.00. The molecule has 1 aromatic heterocycles. The Labute approximate surface area is 125 Å². The summed E-state index contributed by atoms with van der Waals surface area (Å²) in [5.74, 6) is 0. The van der Waals surface area contributed by atoms with Crippen LogP contribution < -0.4 is 5.32 Å². The van der Waals surface area contributed by atoms with E-state index >= 15 is 0 Å². The molecule has 2 fully saturated rings. The topological polar surface area (TPSA) is 31.4 Å². The van der Waals surface area contributed by atoms with Gasteiger partial charge in [0.1, 0.15) is 0 Å². The second-order valence-electron chi connectivity index (χ2n) is 5.31. The molecule has 1 unspecified atom stereocenters. The number of thiazole rings is 1. The van der Waals surface area contributed by atoms with Gasteiger partial charge in [-0.05, 0) is 13.3 Å². The van der Waals surface area contributed by atoms with E-state index in [2.05, 4.69) is 27.0 Å². The third-order valence-electron chi connectivity index (χ3n) is 3.96. The molecule has 4 nitrogen and oxygen atoms in total. The second-order valence-corrected chi connectivity index (χ2v) is 6.63. The van der Waals surface area contributed by atoms with Gasteiger partial charge in [0.2, 0.25) is 0 Å². The number of rotatable bonds is 3. The van der Waals surface area contributed by atoms with Crippen molar-refractivity contribution in [2.24, 2.45) is 0 Å². The molecule has 1 atom stereocenters. The van der Waals surface area contributed by atoms with E-state index in [1.807, 2.05) is 17.5 Å². The van der Waals surface area contributed by atoms with Gasteiger partial charge in [-0.25, -0.2) is 4.98 Å². The molecule has 1 N–H and O–H groups in total. The monoisotopic (exact) mass is 302 g/mol. The lowest BCUT2D eigenvalue weighted by Crippen LogP contribution is -2.49. The molecule has 2 aliphatic rings. The van der Waals surface area contributed by atoms with E-state index in [0.29, 0.717) is 0 Å². The van der Waals surface area contributed by atoms with Gasteiger partial charge in [0.25, 0.3) is 0 Å². The fourth-order valence-corrected chi connectivity index (χ4v) is 3.84. The van der Waals surface area contributed by atoms with Crippen molar-refractivity contribution in [3.8, 4) is 0 Å². The minimum atomic E-state index is 0. The van der Waals surface area contributed by atoms with Crippen LogP contribution in [0.1, 0.15) is 16.3 Å². The molecular formula is C13H23ClN4S. The summed E-state index contributed by atoms with van der Waals surface area (Å²) in [7, 11) is 0. The molecule has 0 aliphatic carbocycles. The summed E-state index contributed by atoms with van der Waals surface area (Å²) < 4.78 is 0. The Morgan fingerprint density at radius 3 is 2.84 bits per heavy atom. The Bertz CT molecular complexity index is 392. The second kappa shape index (κ2) is 6.99. The minimum Gasteiger partial charge on any atom is -0.314 e. The predicted molar refractivity (Wildman–Crippen MR) is 82.2 cm³/mol. The Kier molecular flexibility index (Phi) is 5.59. The van der Waals surface area contributed by atoms with Crippen molar-refractivity contribution in [1.29, 1.82) is 0 Å². The Hall–Kier alpha value is -0.200. The first-order valence-corrected chi connectivity index (χ1v) is 7.71.